The fourth-order valence-electron chi connectivity index (χ4n) is 2.04. The lowest BCUT2D eigenvalue weighted by Crippen LogP contribution is -2.63. The highest BCUT2D eigenvalue weighted by Crippen LogP contribution is 2.31. The van der Waals surface area contributed by atoms with Crippen molar-refractivity contribution >= 4 is 5.91 Å². The first kappa shape index (κ1) is 13.9. The highest BCUT2D eigenvalue weighted by molar-refractivity contribution is 5.95. The van der Waals surface area contributed by atoms with E-state index in [2.05, 4.69) is 0 Å². The molecule has 19 heavy (non-hydrogen) atoms. The van der Waals surface area contributed by atoms with E-state index in [0.717, 1.165) is 12.1 Å². The second-order valence-corrected chi connectivity index (χ2v) is 4.82. The van der Waals surface area contributed by atoms with E-state index in [9.17, 15) is 23.1 Å². The number of rotatable bonds is 2. The van der Waals surface area contributed by atoms with Gasteiger partial charge in [0.05, 0.1) is 24.3 Å². The summed E-state index contributed by atoms with van der Waals surface area (Å²) in [6, 6.07) is 4.32. The lowest BCUT2D eigenvalue weighted by Gasteiger charge is -2.46. The topological polar surface area (TPSA) is 40.5 Å². The zero-order chi connectivity index (χ0) is 14.3. The number of alkyl halides is 3. The molecular formula is C13H14F3NO2. The van der Waals surface area contributed by atoms with Gasteiger partial charge in [0.1, 0.15) is 0 Å². The van der Waals surface area contributed by atoms with Crippen LogP contribution in [0.4, 0.5) is 13.2 Å². The Hall–Kier alpha value is -1.56. The van der Waals surface area contributed by atoms with Crippen LogP contribution >= 0.6 is 0 Å². The normalized spacial score (nSPS) is 18.1. The predicted octanol–water partition coefficient (Wildman–Crippen LogP) is 2.30. The van der Waals surface area contributed by atoms with E-state index >= 15 is 0 Å². The number of aliphatic hydroxyl groups is 1. The second-order valence-electron chi connectivity index (χ2n) is 4.82. The highest BCUT2D eigenvalue weighted by atomic mass is 19.4. The molecule has 6 heteroatoms. The van der Waals surface area contributed by atoms with Crippen LogP contribution in [-0.4, -0.2) is 34.6 Å². The lowest BCUT2D eigenvalue weighted by atomic mass is 9.90. The van der Waals surface area contributed by atoms with Crippen molar-refractivity contribution in [2.75, 3.05) is 13.1 Å². The number of halogens is 3. The molecule has 0 aromatic heterocycles. The summed E-state index contributed by atoms with van der Waals surface area (Å²) in [5, 5.41) is 9.79. The van der Waals surface area contributed by atoms with Gasteiger partial charge in [-0.2, -0.15) is 13.2 Å². The SMILES string of the molecule is CCC1(O)CN(C(=O)c2cccc(C(F)(F)F)c2)C1. The Bertz CT molecular complexity index is 493. The zero-order valence-corrected chi connectivity index (χ0v) is 10.4. The van der Waals surface area contributed by atoms with Crippen LogP contribution in [0.5, 0.6) is 0 Å². The van der Waals surface area contributed by atoms with Gasteiger partial charge in [0.15, 0.2) is 0 Å². The molecule has 1 amide bonds. The van der Waals surface area contributed by atoms with Crippen molar-refractivity contribution < 1.29 is 23.1 Å². The summed E-state index contributed by atoms with van der Waals surface area (Å²) in [6.45, 7) is 2.13. The van der Waals surface area contributed by atoms with E-state index in [1.54, 1.807) is 6.92 Å². The van der Waals surface area contributed by atoms with Crippen LogP contribution in [0.15, 0.2) is 24.3 Å². The third kappa shape index (κ3) is 2.73. The Morgan fingerprint density at radius 2 is 2.05 bits per heavy atom. The molecule has 0 bridgehead atoms. The fourth-order valence-corrected chi connectivity index (χ4v) is 2.04. The van der Waals surface area contributed by atoms with Crippen LogP contribution in [0.3, 0.4) is 0 Å². The molecule has 1 N–H and O–H groups in total. The first-order valence-electron chi connectivity index (χ1n) is 5.94. The molecule has 1 fully saturated rings. The molecule has 0 saturated carbocycles. The van der Waals surface area contributed by atoms with E-state index in [4.69, 9.17) is 0 Å². The van der Waals surface area contributed by atoms with Gasteiger partial charge < -0.3 is 10.0 Å². The summed E-state index contributed by atoms with van der Waals surface area (Å²) >= 11 is 0. The number of hydrogen-bond donors (Lipinski definition) is 1. The van der Waals surface area contributed by atoms with Crippen LogP contribution in [0, 0.1) is 0 Å². The van der Waals surface area contributed by atoms with Crippen LogP contribution in [0.25, 0.3) is 0 Å². The third-order valence-corrected chi connectivity index (χ3v) is 3.35. The van der Waals surface area contributed by atoms with Crippen molar-refractivity contribution in [3.05, 3.63) is 35.4 Å². The quantitative estimate of drug-likeness (QED) is 0.898. The molecule has 0 atom stereocenters. The number of carbonyl (C=O) groups excluding carboxylic acids is 1. The van der Waals surface area contributed by atoms with Gasteiger partial charge in [-0.15, -0.1) is 0 Å². The minimum atomic E-state index is -4.46. The Labute approximate surface area is 108 Å². The van der Waals surface area contributed by atoms with E-state index < -0.39 is 23.2 Å². The van der Waals surface area contributed by atoms with Crippen LogP contribution in [-0.2, 0) is 6.18 Å². The molecule has 1 saturated heterocycles. The average Bonchev–Trinajstić information content (AvgIpc) is 2.33. The Morgan fingerprint density at radius 3 is 2.58 bits per heavy atom. The lowest BCUT2D eigenvalue weighted by molar-refractivity contribution is -0.137. The molecule has 1 aromatic carbocycles. The van der Waals surface area contributed by atoms with E-state index in [1.807, 2.05) is 0 Å². The van der Waals surface area contributed by atoms with Gasteiger partial charge in [-0.3, -0.25) is 4.79 Å². The third-order valence-electron chi connectivity index (χ3n) is 3.35. The summed E-state index contributed by atoms with van der Waals surface area (Å²) in [6.07, 6.45) is -3.95. The molecule has 1 heterocycles. The Balaban J connectivity index is 2.13. The molecule has 0 radical (unpaired) electrons. The van der Waals surface area contributed by atoms with Crippen molar-refractivity contribution in [2.24, 2.45) is 0 Å². The van der Waals surface area contributed by atoms with Gasteiger partial charge in [0.2, 0.25) is 0 Å². The summed E-state index contributed by atoms with van der Waals surface area (Å²) in [5.41, 5.74) is -1.74. The van der Waals surface area contributed by atoms with E-state index in [-0.39, 0.29) is 18.7 Å². The molecule has 2 rings (SSSR count). The molecule has 0 unspecified atom stereocenters. The van der Waals surface area contributed by atoms with Gasteiger partial charge in [-0.1, -0.05) is 13.0 Å². The maximum Gasteiger partial charge on any atom is 0.416 e. The number of hydrogen-bond acceptors (Lipinski definition) is 2. The van der Waals surface area contributed by atoms with Crippen molar-refractivity contribution in [2.45, 2.75) is 25.1 Å². The van der Waals surface area contributed by atoms with Crippen LogP contribution in [0.2, 0.25) is 0 Å². The molecule has 0 spiro atoms. The van der Waals surface area contributed by atoms with Crippen molar-refractivity contribution in [3.8, 4) is 0 Å². The van der Waals surface area contributed by atoms with Gasteiger partial charge in [-0.05, 0) is 24.6 Å². The monoisotopic (exact) mass is 273 g/mol. The number of carbonyl (C=O) groups is 1. The van der Waals surface area contributed by atoms with Gasteiger partial charge >= 0.3 is 6.18 Å². The number of amides is 1. The first-order valence-corrected chi connectivity index (χ1v) is 5.94. The summed E-state index contributed by atoms with van der Waals surface area (Å²) < 4.78 is 37.6. The Morgan fingerprint density at radius 1 is 1.42 bits per heavy atom. The second kappa shape index (κ2) is 4.52. The molecular weight excluding hydrogens is 259 g/mol. The minimum Gasteiger partial charge on any atom is -0.386 e. The number of β-amino-alcohol motifs (C(OH)–C–C–N with tert-alkyl or cyclic N) is 1. The van der Waals surface area contributed by atoms with Crippen molar-refractivity contribution in [1.29, 1.82) is 0 Å². The molecule has 1 aromatic rings. The summed E-state index contributed by atoms with van der Waals surface area (Å²) in [5.74, 6) is -0.482. The standard InChI is InChI=1S/C13H14F3NO2/c1-2-12(19)7-17(8-12)11(18)9-4-3-5-10(6-9)13(14,15)16/h3-6,19H,2,7-8H2,1H3. The molecule has 104 valence electrons. The zero-order valence-electron chi connectivity index (χ0n) is 10.4. The minimum absolute atomic E-state index is 0.00650. The van der Waals surface area contributed by atoms with Gasteiger partial charge in [-0.25, -0.2) is 0 Å². The smallest absolute Gasteiger partial charge is 0.386 e. The van der Waals surface area contributed by atoms with Crippen LogP contribution in [0.1, 0.15) is 29.3 Å². The molecule has 3 nitrogen and oxygen atoms in total. The Kier molecular flexibility index (Phi) is 3.30. The predicted molar refractivity (Wildman–Crippen MR) is 62.6 cm³/mol. The van der Waals surface area contributed by atoms with Crippen LogP contribution < -0.4 is 0 Å². The fraction of sp³-hybridized carbons (Fsp3) is 0.462. The van der Waals surface area contributed by atoms with Crippen molar-refractivity contribution in [1.82, 2.24) is 4.90 Å². The largest absolute Gasteiger partial charge is 0.416 e. The van der Waals surface area contributed by atoms with E-state index in [1.165, 1.54) is 17.0 Å². The van der Waals surface area contributed by atoms with Gasteiger partial charge in [0.25, 0.3) is 5.91 Å². The highest BCUT2D eigenvalue weighted by Gasteiger charge is 2.42. The average molecular weight is 273 g/mol. The number of likely N-dealkylation sites (tertiary alicyclic amines) is 1. The number of nitrogens with zero attached hydrogens (tertiary/aromatic N) is 1. The molecule has 1 aliphatic heterocycles. The molecule has 1 aliphatic rings. The van der Waals surface area contributed by atoms with E-state index in [0.29, 0.717) is 6.42 Å². The van der Waals surface area contributed by atoms with Gasteiger partial charge in [0, 0.05) is 5.56 Å². The first-order chi connectivity index (χ1) is 8.75. The number of benzene rings is 1. The maximum absolute atomic E-state index is 12.5. The molecule has 0 aliphatic carbocycles. The van der Waals surface area contributed by atoms with Crippen molar-refractivity contribution in [3.63, 3.8) is 0 Å². The summed E-state index contributed by atoms with van der Waals surface area (Å²) in [7, 11) is 0. The summed E-state index contributed by atoms with van der Waals surface area (Å²) in [4.78, 5) is 13.3. The maximum atomic E-state index is 12.5.